The van der Waals surface area contributed by atoms with E-state index in [1.165, 1.54) is 4.68 Å². The minimum atomic E-state index is 0.727. The van der Waals surface area contributed by atoms with E-state index in [0.29, 0.717) is 0 Å². The molecule has 0 radical (unpaired) electrons. The first-order valence-electron chi connectivity index (χ1n) is 3.40. The molecule has 4 nitrogen and oxygen atoms in total. The summed E-state index contributed by atoms with van der Waals surface area (Å²) >= 11 is 0. The topological polar surface area (TPSA) is 56.2 Å². The van der Waals surface area contributed by atoms with E-state index in [0.717, 1.165) is 16.9 Å². The van der Waals surface area contributed by atoms with Crippen molar-refractivity contribution in [2.45, 2.75) is 13.8 Å². The summed E-state index contributed by atoms with van der Waals surface area (Å²) in [6.07, 6.45) is 1.73. The molecule has 0 aliphatic rings. The maximum Gasteiger partial charge on any atom is 0.167 e. The molecule has 0 amide bonds. The molecule has 0 aromatic carbocycles. The fraction of sp³-hybridized carbons (Fsp3) is 0.429. The largest absolute Gasteiger partial charge is 0.337 e. The van der Waals surface area contributed by atoms with Crippen molar-refractivity contribution in [2.24, 2.45) is 4.99 Å². The van der Waals surface area contributed by atoms with E-state index in [2.05, 4.69) is 9.98 Å². The van der Waals surface area contributed by atoms with Gasteiger partial charge in [0, 0.05) is 13.2 Å². The Morgan fingerprint density at radius 2 is 2.18 bits per heavy atom. The minimum Gasteiger partial charge on any atom is -0.337 e. The lowest BCUT2D eigenvalue weighted by Gasteiger charge is -2.04. The van der Waals surface area contributed by atoms with E-state index in [1.54, 1.807) is 13.2 Å². The van der Waals surface area contributed by atoms with Gasteiger partial charge in [0.25, 0.3) is 0 Å². The summed E-state index contributed by atoms with van der Waals surface area (Å²) in [5.74, 6) is 5.68. The first-order valence-corrected chi connectivity index (χ1v) is 3.40. The molecule has 0 saturated carbocycles. The number of rotatable bonds is 0. The van der Waals surface area contributed by atoms with E-state index in [9.17, 15) is 0 Å². The molecule has 1 rings (SSSR count). The predicted octanol–water partition coefficient (Wildman–Crippen LogP) is -0.256. The highest BCUT2D eigenvalue weighted by Crippen LogP contribution is 1.87. The lowest BCUT2D eigenvalue weighted by molar-refractivity contribution is 0.807. The molecule has 1 aromatic rings. The van der Waals surface area contributed by atoms with Crippen molar-refractivity contribution in [3.05, 3.63) is 23.1 Å². The fourth-order valence-electron chi connectivity index (χ4n) is 0.921. The van der Waals surface area contributed by atoms with Crippen LogP contribution in [-0.4, -0.2) is 16.7 Å². The summed E-state index contributed by atoms with van der Waals surface area (Å²) in [5.41, 5.74) is 2.47. The van der Waals surface area contributed by atoms with Gasteiger partial charge in [0.05, 0.1) is 11.4 Å². The maximum atomic E-state index is 5.68. The predicted molar refractivity (Wildman–Crippen MR) is 43.3 cm³/mol. The molecule has 11 heavy (non-hydrogen) atoms. The van der Waals surface area contributed by atoms with Crippen molar-refractivity contribution in [3.8, 4) is 0 Å². The summed E-state index contributed by atoms with van der Waals surface area (Å²) < 4.78 is 1.53. The molecule has 0 unspecified atom stereocenters. The minimum absolute atomic E-state index is 0.727. The molecule has 4 heteroatoms. The van der Waals surface area contributed by atoms with E-state index in [4.69, 9.17) is 5.84 Å². The zero-order chi connectivity index (χ0) is 8.43. The van der Waals surface area contributed by atoms with Gasteiger partial charge in [0.1, 0.15) is 0 Å². The second-order valence-corrected chi connectivity index (χ2v) is 2.40. The first kappa shape index (κ1) is 7.78. The van der Waals surface area contributed by atoms with E-state index in [1.807, 2.05) is 13.8 Å². The summed E-state index contributed by atoms with van der Waals surface area (Å²) in [4.78, 5) is 8.12. The van der Waals surface area contributed by atoms with E-state index < -0.39 is 0 Å². The highest BCUT2D eigenvalue weighted by atomic mass is 15.3. The molecule has 0 atom stereocenters. The van der Waals surface area contributed by atoms with Crippen LogP contribution in [0.4, 0.5) is 0 Å². The number of aryl methyl sites for hydroxylation is 2. The third-order valence-corrected chi connectivity index (χ3v) is 1.59. The van der Waals surface area contributed by atoms with Gasteiger partial charge in [0.2, 0.25) is 0 Å². The highest BCUT2D eigenvalue weighted by molar-refractivity contribution is 5.01. The van der Waals surface area contributed by atoms with Gasteiger partial charge in [-0.3, -0.25) is 9.98 Å². The van der Waals surface area contributed by atoms with Gasteiger partial charge >= 0.3 is 0 Å². The molecule has 0 aliphatic carbocycles. The number of hydrogen-bond donors (Lipinski definition) is 1. The van der Waals surface area contributed by atoms with Crippen LogP contribution < -0.4 is 11.3 Å². The first-order chi connectivity index (χ1) is 5.16. The number of hydrogen-bond acceptors (Lipinski definition) is 3. The molecule has 0 spiro atoms. The third-order valence-electron chi connectivity index (χ3n) is 1.59. The number of nitrogen functional groups attached to an aromatic ring is 1. The zero-order valence-corrected chi connectivity index (χ0v) is 7.00. The lowest BCUT2D eigenvalue weighted by Crippen LogP contribution is -2.32. The van der Waals surface area contributed by atoms with Gasteiger partial charge in [-0.1, -0.05) is 0 Å². The number of nitrogens with zero attached hydrogens (tertiary/aromatic N) is 3. The summed E-state index contributed by atoms with van der Waals surface area (Å²) in [5, 5.41) is 0. The van der Waals surface area contributed by atoms with Crippen LogP contribution >= 0.6 is 0 Å². The fourth-order valence-corrected chi connectivity index (χ4v) is 0.921. The maximum absolute atomic E-state index is 5.68. The molecule has 60 valence electrons. The molecule has 0 bridgehead atoms. The smallest absolute Gasteiger partial charge is 0.167 e. The van der Waals surface area contributed by atoms with Crippen molar-refractivity contribution in [1.29, 1.82) is 0 Å². The summed E-state index contributed by atoms with van der Waals surface area (Å²) in [7, 11) is 1.70. The second-order valence-electron chi connectivity index (χ2n) is 2.40. The molecule has 0 fully saturated rings. The highest BCUT2D eigenvalue weighted by Gasteiger charge is 1.96. The van der Waals surface area contributed by atoms with Gasteiger partial charge < -0.3 is 5.84 Å². The van der Waals surface area contributed by atoms with E-state index in [-0.39, 0.29) is 0 Å². The van der Waals surface area contributed by atoms with Crippen molar-refractivity contribution in [1.82, 2.24) is 9.66 Å². The average molecular weight is 152 g/mol. The van der Waals surface area contributed by atoms with E-state index >= 15 is 0 Å². The SMILES string of the molecule is C/N=c1/c(C)ncc(C)n1N. The monoisotopic (exact) mass is 152 g/mol. The normalized spacial score (nSPS) is 12.1. The molecule has 0 aliphatic heterocycles. The van der Waals surface area contributed by atoms with Gasteiger partial charge in [-0.25, -0.2) is 4.68 Å². The Labute approximate surface area is 65.4 Å². The van der Waals surface area contributed by atoms with Crippen molar-refractivity contribution >= 4 is 0 Å². The molecule has 1 aromatic heterocycles. The summed E-state index contributed by atoms with van der Waals surface area (Å²) in [6, 6.07) is 0. The molecule has 1 heterocycles. The zero-order valence-electron chi connectivity index (χ0n) is 7.00. The van der Waals surface area contributed by atoms with Crippen LogP contribution in [0.5, 0.6) is 0 Å². The van der Waals surface area contributed by atoms with Gasteiger partial charge in [-0.2, -0.15) is 0 Å². The number of nitrogens with two attached hydrogens (primary N) is 1. The summed E-state index contributed by atoms with van der Waals surface area (Å²) in [6.45, 7) is 3.77. The Hall–Kier alpha value is -1.32. The van der Waals surface area contributed by atoms with Crippen LogP contribution in [0.2, 0.25) is 0 Å². The Balaban J connectivity index is 3.55. The van der Waals surface area contributed by atoms with Gasteiger partial charge in [0.15, 0.2) is 5.49 Å². The molecular formula is C7H12N4. The van der Waals surface area contributed by atoms with Gasteiger partial charge in [-0.05, 0) is 13.8 Å². The molecule has 2 N–H and O–H groups in total. The van der Waals surface area contributed by atoms with Crippen LogP contribution in [0.25, 0.3) is 0 Å². The van der Waals surface area contributed by atoms with Crippen molar-refractivity contribution < 1.29 is 0 Å². The lowest BCUT2D eigenvalue weighted by atomic mass is 10.4. The van der Waals surface area contributed by atoms with Crippen LogP contribution in [0.15, 0.2) is 11.2 Å². The number of aromatic nitrogens is 2. The van der Waals surface area contributed by atoms with Crippen LogP contribution in [0.1, 0.15) is 11.4 Å². The second kappa shape index (κ2) is 2.74. The van der Waals surface area contributed by atoms with Crippen molar-refractivity contribution in [2.75, 3.05) is 12.9 Å². The Kier molecular flexibility index (Phi) is 1.94. The standard InChI is InChI=1S/C7H12N4/c1-5-4-10-6(2)7(9-3)11(5)8/h4H,8H2,1-3H3/b9-7-. The Morgan fingerprint density at radius 1 is 1.55 bits per heavy atom. The average Bonchev–Trinajstić information content (AvgIpc) is 1.99. The third kappa shape index (κ3) is 1.24. The van der Waals surface area contributed by atoms with Crippen LogP contribution in [-0.2, 0) is 0 Å². The van der Waals surface area contributed by atoms with Crippen LogP contribution in [0.3, 0.4) is 0 Å². The molecule has 0 saturated heterocycles. The Morgan fingerprint density at radius 3 is 2.64 bits per heavy atom. The van der Waals surface area contributed by atoms with Crippen LogP contribution in [0, 0.1) is 13.8 Å². The quantitative estimate of drug-likeness (QED) is 0.521. The Bertz CT molecular complexity index is 324. The molecular weight excluding hydrogens is 140 g/mol. The van der Waals surface area contributed by atoms with Gasteiger partial charge in [-0.15, -0.1) is 0 Å². The van der Waals surface area contributed by atoms with Crippen molar-refractivity contribution in [3.63, 3.8) is 0 Å².